The number of sulfonamides is 2. The number of carbonyl (C=O) groups excluding carboxylic acids is 1. The van der Waals surface area contributed by atoms with Crippen LogP contribution in [0.3, 0.4) is 0 Å². The van der Waals surface area contributed by atoms with Crippen molar-refractivity contribution in [3.8, 4) is 5.75 Å². The number of methoxy groups -OCH3 is 1. The largest absolute Gasteiger partial charge is 0.495 e. The lowest BCUT2D eigenvalue weighted by Crippen LogP contribution is -2.37. The molecule has 1 amide bonds. The van der Waals surface area contributed by atoms with Crippen LogP contribution in [0.1, 0.15) is 11.1 Å². The Morgan fingerprint density at radius 2 is 1.64 bits per heavy atom. The van der Waals surface area contributed by atoms with Gasteiger partial charge in [0.1, 0.15) is 5.75 Å². The fourth-order valence-electron chi connectivity index (χ4n) is 3.34. The highest BCUT2D eigenvalue weighted by Gasteiger charge is 2.28. The number of hydrogen-bond acceptors (Lipinski definition) is 6. The number of aryl methyl sites for hydroxylation is 1. The van der Waals surface area contributed by atoms with E-state index in [4.69, 9.17) is 16.3 Å². The third kappa shape index (κ3) is 6.42. The van der Waals surface area contributed by atoms with E-state index < -0.39 is 32.5 Å². The van der Waals surface area contributed by atoms with Gasteiger partial charge in [0.25, 0.3) is 0 Å². The van der Waals surface area contributed by atoms with Gasteiger partial charge in [0.05, 0.1) is 28.5 Å². The summed E-state index contributed by atoms with van der Waals surface area (Å²) in [5.41, 5.74) is 1.53. The van der Waals surface area contributed by atoms with Crippen molar-refractivity contribution in [2.75, 3.05) is 26.0 Å². The molecule has 0 heterocycles. The number of anilines is 1. The second kappa shape index (κ2) is 11.4. The van der Waals surface area contributed by atoms with Gasteiger partial charge >= 0.3 is 0 Å². The summed E-state index contributed by atoms with van der Waals surface area (Å²) < 4.78 is 59.7. The molecule has 36 heavy (non-hydrogen) atoms. The highest BCUT2D eigenvalue weighted by molar-refractivity contribution is 7.89. The zero-order chi connectivity index (χ0) is 26.5. The Labute approximate surface area is 216 Å². The Hall–Kier alpha value is -2.96. The van der Waals surface area contributed by atoms with Crippen LogP contribution in [0.2, 0.25) is 5.02 Å². The van der Waals surface area contributed by atoms with E-state index in [1.807, 2.05) is 0 Å². The molecular weight excluding hydrogens is 526 g/mol. The van der Waals surface area contributed by atoms with E-state index in [0.717, 1.165) is 4.31 Å². The first-order valence-electron chi connectivity index (χ1n) is 10.7. The Bertz CT molecular complexity index is 1460. The molecule has 9 nitrogen and oxygen atoms in total. The highest BCUT2D eigenvalue weighted by atomic mass is 35.5. The first-order chi connectivity index (χ1) is 17.0. The Balaban J connectivity index is 1.93. The number of ether oxygens (including phenoxy) is 1. The highest BCUT2D eigenvalue weighted by Crippen LogP contribution is 2.29. The van der Waals surface area contributed by atoms with Crippen LogP contribution in [0.25, 0.3) is 0 Å². The van der Waals surface area contributed by atoms with Gasteiger partial charge in [-0.2, -0.15) is 4.31 Å². The number of hydrogen-bond donors (Lipinski definition) is 2. The fourth-order valence-corrected chi connectivity index (χ4v) is 5.83. The Morgan fingerprint density at radius 3 is 2.25 bits per heavy atom. The molecule has 0 spiro atoms. The van der Waals surface area contributed by atoms with Crippen molar-refractivity contribution in [1.82, 2.24) is 9.03 Å². The molecule has 0 aliphatic heterocycles. The maximum absolute atomic E-state index is 13.5. The minimum atomic E-state index is -4.15. The molecule has 192 valence electrons. The second-order valence-electron chi connectivity index (χ2n) is 7.79. The molecule has 0 fully saturated rings. The topological polar surface area (TPSA) is 122 Å². The summed E-state index contributed by atoms with van der Waals surface area (Å²) in [6, 6.07) is 17.2. The average molecular weight is 552 g/mol. The SMILES string of the molecule is CNS(=O)(=O)c1ccc(C)c(NC(=O)CN(Cc2ccccc2)S(=O)(=O)c2ccc(OC)c(Cl)c2)c1. The quantitative estimate of drug-likeness (QED) is 0.398. The van der Waals surface area contributed by atoms with E-state index in [1.54, 1.807) is 43.3 Å². The number of nitrogens with one attached hydrogen (secondary N) is 2. The van der Waals surface area contributed by atoms with Crippen molar-refractivity contribution in [1.29, 1.82) is 0 Å². The van der Waals surface area contributed by atoms with Gasteiger partial charge in [-0.05, 0) is 55.4 Å². The van der Waals surface area contributed by atoms with E-state index in [9.17, 15) is 21.6 Å². The normalized spacial score (nSPS) is 11.9. The second-order valence-corrected chi connectivity index (χ2v) is 12.0. The van der Waals surface area contributed by atoms with Crippen molar-refractivity contribution >= 4 is 43.2 Å². The van der Waals surface area contributed by atoms with Crippen LogP contribution >= 0.6 is 11.6 Å². The van der Waals surface area contributed by atoms with E-state index >= 15 is 0 Å². The van der Waals surface area contributed by atoms with Crippen molar-refractivity contribution in [3.05, 3.63) is 82.9 Å². The molecule has 0 aliphatic rings. The summed E-state index contributed by atoms with van der Waals surface area (Å²) in [6.45, 7) is 1.10. The third-order valence-corrected chi connectivity index (χ3v) is 8.84. The predicted molar refractivity (Wildman–Crippen MR) is 138 cm³/mol. The maximum atomic E-state index is 13.5. The van der Waals surface area contributed by atoms with Gasteiger partial charge < -0.3 is 10.1 Å². The van der Waals surface area contributed by atoms with Gasteiger partial charge in [-0.1, -0.05) is 48.0 Å². The van der Waals surface area contributed by atoms with Gasteiger partial charge in [0.15, 0.2) is 0 Å². The third-order valence-electron chi connectivity index (χ3n) is 5.34. The lowest BCUT2D eigenvalue weighted by molar-refractivity contribution is -0.116. The van der Waals surface area contributed by atoms with Crippen LogP contribution in [0.5, 0.6) is 5.75 Å². The van der Waals surface area contributed by atoms with E-state index in [0.29, 0.717) is 16.9 Å². The molecule has 0 unspecified atom stereocenters. The molecule has 0 radical (unpaired) electrons. The summed E-state index contributed by atoms with van der Waals surface area (Å²) in [7, 11) is -5.19. The molecule has 12 heteroatoms. The molecule has 3 aromatic rings. The predicted octanol–water partition coefficient (Wildman–Crippen LogP) is 3.39. The molecule has 0 atom stereocenters. The molecule has 0 aromatic heterocycles. The minimum Gasteiger partial charge on any atom is -0.495 e. The molecule has 2 N–H and O–H groups in total. The van der Waals surface area contributed by atoms with Crippen LogP contribution < -0.4 is 14.8 Å². The standard InChI is InChI=1S/C24H26ClN3O6S2/c1-17-9-10-19(35(30,31)26-2)14-22(17)27-24(29)16-28(15-18-7-5-4-6-8-18)36(32,33)20-11-12-23(34-3)21(25)13-20/h4-14,26H,15-16H2,1-3H3,(H,27,29). The number of amides is 1. The molecule has 0 bridgehead atoms. The molecule has 0 saturated heterocycles. The molecule has 3 rings (SSSR count). The zero-order valence-electron chi connectivity index (χ0n) is 19.9. The molecular formula is C24H26ClN3O6S2. The number of nitrogens with zero attached hydrogens (tertiary/aromatic N) is 1. The lowest BCUT2D eigenvalue weighted by Gasteiger charge is -2.22. The van der Waals surface area contributed by atoms with Gasteiger partial charge in [-0.25, -0.2) is 21.6 Å². The lowest BCUT2D eigenvalue weighted by atomic mass is 10.2. The van der Waals surface area contributed by atoms with Gasteiger partial charge in [-0.3, -0.25) is 4.79 Å². The van der Waals surface area contributed by atoms with Gasteiger partial charge in [0, 0.05) is 12.2 Å². The first-order valence-corrected chi connectivity index (χ1v) is 14.0. The summed E-state index contributed by atoms with van der Waals surface area (Å²) >= 11 is 6.15. The monoisotopic (exact) mass is 551 g/mol. The first kappa shape index (κ1) is 27.6. The van der Waals surface area contributed by atoms with E-state index in [-0.39, 0.29) is 27.0 Å². The maximum Gasteiger partial charge on any atom is 0.243 e. The molecule has 3 aromatic carbocycles. The smallest absolute Gasteiger partial charge is 0.243 e. The van der Waals surface area contributed by atoms with Crippen LogP contribution in [-0.2, 0) is 31.4 Å². The molecule has 0 aliphatic carbocycles. The summed E-state index contributed by atoms with van der Waals surface area (Å²) in [5, 5.41) is 2.74. The van der Waals surface area contributed by atoms with Crippen LogP contribution in [-0.4, -0.2) is 47.8 Å². The van der Waals surface area contributed by atoms with Crippen LogP contribution in [0.4, 0.5) is 5.69 Å². The summed E-state index contributed by atoms with van der Waals surface area (Å²) in [6.07, 6.45) is 0. The van der Waals surface area contributed by atoms with E-state index in [2.05, 4.69) is 10.0 Å². The number of carbonyl (C=O) groups is 1. The number of halogens is 1. The average Bonchev–Trinajstić information content (AvgIpc) is 2.85. The fraction of sp³-hybridized carbons (Fsp3) is 0.208. The Kier molecular flexibility index (Phi) is 8.75. The zero-order valence-corrected chi connectivity index (χ0v) is 22.2. The number of benzene rings is 3. The van der Waals surface area contributed by atoms with E-state index in [1.165, 1.54) is 44.5 Å². The Morgan fingerprint density at radius 1 is 0.972 bits per heavy atom. The van der Waals surface area contributed by atoms with Gasteiger partial charge in [-0.15, -0.1) is 0 Å². The van der Waals surface area contributed by atoms with Crippen LogP contribution in [0.15, 0.2) is 76.5 Å². The summed E-state index contributed by atoms with van der Waals surface area (Å²) in [4.78, 5) is 12.9. The van der Waals surface area contributed by atoms with Crippen LogP contribution in [0, 0.1) is 6.92 Å². The minimum absolute atomic E-state index is 0.0347. The van der Waals surface area contributed by atoms with Crippen molar-refractivity contribution in [3.63, 3.8) is 0 Å². The number of rotatable bonds is 10. The summed E-state index contributed by atoms with van der Waals surface area (Å²) in [5.74, 6) is -0.328. The van der Waals surface area contributed by atoms with Crippen molar-refractivity contribution in [2.24, 2.45) is 0 Å². The van der Waals surface area contributed by atoms with Crippen molar-refractivity contribution in [2.45, 2.75) is 23.3 Å². The van der Waals surface area contributed by atoms with Crippen molar-refractivity contribution < 1.29 is 26.4 Å². The van der Waals surface area contributed by atoms with Gasteiger partial charge in [0.2, 0.25) is 26.0 Å². The molecule has 0 saturated carbocycles.